The highest BCUT2D eigenvalue weighted by Gasteiger charge is 2.17. The molecule has 0 saturated carbocycles. The van der Waals surface area contributed by atoms with Gasteiger partial charge in [-0.05, 0) is 36.4 Å². The maximum Gasteiger partial charge on any atom is 0.251 e. The normalized spacial score (nSPS) is 12.4. The van der Waals surface area contributed by atoms with Crippen LogP contribution in [0.1, 0.15) is 17.3 Å². The van der Waals surface area contributed by atoms with Crippen LogP contribution in [-0.4, -0.2) is 38.1 Å². The first-order valence-electron chi connectivity index (χ1n) is 8.26. The fourth-order valence-corrected chi connectivity index (χ4v) is 2.65. The number of amides is 2. The highest BCUT2D eigenvalue weighted by molar-refractivity contribution is 5.94. The van der Waals surface area contributed by atoms with Crippen LogP contribution in [0.3, 0.4) is 0 Å². The SMILES string of the molecule is CC(=O)N(CCNC(=O)c1ccc(F)cc1)c1ccc2c(c1)OCCO2. The van der Waals surface area contributed by atoms with Gasteiger partial charge in [-0.2, -0.15) is 0 Å². The summed E-state index contributed by atoms with van der Waals surface area (Å²) in [5.74, 6) is 0.361. The van der Waals surface area contributed by atoms with Gasteiger partial charge in [0.2, 0.25) is 5.91 Å². The third-order valence-electron chi connectivity index (χ3n) is 3.94. The Hall–Kier alpha value is -3.09. The lowest BCUT2D eigenvalue weighted by Gasteiger charge is -2.24. The maximum atomic E-state index is 12.9. The van der Waals surface area contributed by atoms with Gasteiger partial charge < -0.3 is 19.7 Å². The van der Waals surface area contributed by atoms with Gasteiger partial charge in [-0.1, -0.05) is 0 Å². The van der Waals surface area contributed by atoms with E-state index in [1.165, 1.54) is 31.2 Å². The molecule has 0 atom stereocenters. The monoisotopic (exact) mass is 358 g/mol. The molecule has 0 aliphatic carbocycles. The van der Waals surface area contributed by atoms with E-state index in [1.54, 1.807) is 23.1 Å². The van der Waals surface area contributed by atoms with E-state index in [-0.39, 0.29) is 18.4 Å². The zero-order valence-electron chi connectivity index (χ0n) is 14.3. The lowest BCUT2D eigenvalue weighted by atomic mass is 10.2. The summed E-state index contributed by atoms with van der Waals surface area (Å²) >= 11 is 0. The summed E-state index contributed by atoms with van der Waals surface area (Å²) in [4.78, 5) is 25.6. The third-order valence-corrected chi connectivity index (χ3v) is 3.94. The smallest absolute Gasteiger partial charge is 0.251 e. The van der Waals surface area contributed by atoms with Gasteiger partial charge in [0, 0.05) is 37.3 Å². The molecular weight excluding hydrogens is 339 g/mol. The minimum Gasteiger partial charge on any atom is -0.486 e. The van der Waals surface area contributed by atoms with E-state index in [0.717, 1.165) is 0 Å². The standard InChI is InChI=1S/C19H19FN2O4/c1-13(23)22(16-6-7-17-18(12-16)26-11-10-25-17)9-8-21-19(24)14-2-4-15(20)5-3-14/h2-7,12H,8-11H2,1H3,(H,21,24). The number of anilines is 1. The molecule has 136 valence electrons. The summed E-state index contributed by atoms with van der Waals surface area (Å²) in [6.07, 6.45) is 0. The average Bonchev–Trinajstić information content (AvgIpc) is 2.65. The average molecular weight is 358 g/mol. The molecule has 0 saturated heterocycles. The first kappa shape index (κ1) is 17.7. The van der Waals surface area contributed by atoms with Crippen molar-refractivity contribution in [2.24, 2.45) is 0 Å². The van der Waals surface area contributed by atoms with Crippen molar-refractivity contribution in [3.63, 3.8) is 0 Å². The molecule has 0 aromatic heterocycles. The topological polar surface area (TPSA) is 67.9 Å². The Morgan fingerprint density at radius 1 is 1.08 bits per heavy atom. The Labute approximate surface area is 150 Å². The van der Waals surface area contributed by atoms with Gasteiger partial charge in [0.1, 0.15) is 19.0 Å². The largest absolute Gasteiger partial charge is 0.486 e. The molecule has 26 heavy (non-hydrogen) atoms. The van der Waals surface area contributed by atoms with E-state index in [4.69, 9.17) is 9.47 Å². The lowest BCUT2D eigenvalue weighted by Crippen LogP contribution is -2.37. The van der Waals surface area contributed by atoms with E-state index in [1.807, 2.05) is 0 Å². The van der Waals surface area contributed by atoms with Crippen molar-refractivity contribution in [1.82, 2.24) is 5.32 Å². The van der Waals surface area contributed by atoms with E-state index in [2.05, 4.69) is 5.32 Å². The zero-order valence-corrected chi connectivity index (χ0v) is 14.3. The summed E-state index contributed by atoms with van der Waals surface area (Å²) in [7, 11) is 0. The number of hydrogen-bond acceptors (Lipinski definition) is 4. The second-order valence-corrected chi connectivity index (χ2v) is 5.76. The van der Waals surface area contributed by atoms with Crippen LogP contribution in [-0.2, 0) is 4.79 Å². The predicted molar refractivity (Wildman–Crippen MR) is 94.2 cm³/mol. The van der Waals surface area contributed by atoms with Crippen LogP contribution in [0, 0.1) is 5.82 Å². The van der Waals surface area contributed by atoms with Gasteiger partial charge in [-0.15, -0.1) is 0 Å². The van der Waals surface area contributed by atoms with E-state index in [0.29, 0.717) is 42.5 Å². The van der Waals surface area contributed by atoms with Crippen LogP contribution in [0.25, 0.3) is 0 Å². The highest BCUT2D eigenvalue weighted by Crippen LogP contribution is 2.33. The quantitative estimate of drug-likeness (QED) is 0.891. The third kappa shape index (κ3) is 4.11. The molecule has 1 heterocycles. The van der Waals surface area contributed by atoms with Crippen LogP contribution < -0.4 is 19.7 Å². The number of fused-ring (bicyclic) bond motifs is 1. The minimum absolute atomic E-state index is 0.155. The molecule has 2 aromatic rings. The van der Waals surface area contributed by atoms with Crippen LogP contribution in [0.5, 0.6) is 11.5 Å². The van der Waals surface area contributed by atoms with Gasteiger partial charge in [0.05, 0.1) is 0 Å². The molecule has 3 rings (SSSR count). The number of nitrogens with zero attached hydrogens (tertiary/aromatic N) is 1. The Kier molecular flexibility index (Phi) is 5.36. The molecule has 2 aromatic carbocycles. The molecule has 0 unspecified atom stereocenters. The van der Waals surface area contributed by atoms with Gasteiger partial charge >= 0.3 is 0 Å². The number of ether oxygens (including phenoxy) is 2. The van der Waals surface area contributed by atoms with Crippen molar-refractivity contribution in [1.29, 1.82) is 0 Å². The van der Waals surface area contributed by atoms with Crippen molar-refractivity contribution in [3.05, 3.63) is 53.8 Å². The number of halogens is 1. The predicted octanol–water partition coefficient (Wildman–Crippen LogP) is 2.38. The highest BCUT2D eigenvalue weighted by atomic mass is 19.1. The summed E-state index contributed by atoms with van der Waals surface area (Å²) in [6, 6.07) is 10.6. The molecule has 0 spiro atoms. The number of nitrogens with one attached hydrogen (secondary N) is 1. The Morgan fingerprint density at radius 2 is 1.77 bits per heavy atom. The number of carbonyl (C=O) groups is 2. The number of hydrogen-bond donors (Lipinski definition) is 1. The fraction of sp³-hybridized carbons (Fsp3) is 0.263. The van der Waals surface area contributed by atoms with Gasteiger partial charge in [0.15, 0.2) is 11.5 Å². The van der Waals surface area contributed by atoms with Gasteiger partial charge in [-0.25, -0.2) is 4.39 Å². The van der Waals surface area contributed by atoms with Crippen LogP contribution in [0.15, 0.2) is 42.5 Å². The summed E-state index contributed by atoms with van der Waals surface area (Å²) in [5, 5.41) is 2.72. The number of benzene rings is 2. The van der Waals surface area contributed by atoms with Gasteiger partial charge in [-0.3, -0.25) is 9.59 Å². The molecule has 2 amide bonds. The van der Waals surface area contributed by atoms with Crippen molar-refractivity contribution < 1.29 is 23.5 Å². The van der Waals surface area contributed by atoms with Crippen LogP contribution in [0.2, 0.25) is 0 Å². The Morgan fingerprint density at radius 3 is 2.46 bits per heavy atom. The lowest BCUT2D eigenvalue weighted by molar-refractivity contribution is -0.116. The molecule has 0 fully saturated rings. The summed E-state index contributed by atoms with van der Waals surface area (Å²) in [5.41, 5.74) is 1.03. The first-order valence-corrected chi connectivity index (χ1v) is 8.26. The first-order chi connectivity index (χ1) is 12.5. The van der Waals surface area contributed by atoms with E-state index in [9.17, 15) is 14.0 Å². The van der Waals surface area contributed by atoms with Crippen molar-refractivity contribution in [2.45, 2.75) is 6.92 Å². The number of rotatable bonds is 5. The number of carbonyl (C=O) groups excluding carboxylic acids is 2. The molecule has 1 N–H and O–H groups in total. The molecule has 7 heteroatoms. The Balaban J connectivity index is 1.63. The fourth-order valence-electron chi connectivity index (χ4n) is 2.65. The molecule has 0 bridgehead atoms. The molecule has 6 nitrogen and oxygen atoms in total. The van der Waals surface area contributed by atoms with Crippen molar-refractivity contribution in [2.75, 3.05) is 31.2 Å². The molecule has 0 radical (unpaired) electrons. The van der Waals surface area contributed by atoms with Gasteiger partial charge in [0.25, 0.3) is 5.91 Å². The van der Waals surface area contributed by atoms with E-state index >= 15 is 0 Å². The zero-order chi connectivity index (χ0) is 18.5. The maximum absolute atomic E-state index is 12.9. The van der Waals surface area contributed by atoms with Crippen LogP contribution >= 0.6 is 0 Å². The minimum atomic E-state index is -0.400. The molecule has 1 aliphatic heterocycles. The second kappa shape index (κ2) is 7.86. The van der Waals surface area contributed by atoms with Crippen LogP contribution in [0.4, 0.5) is 10.1 Å². The Bertz CT molecular complexity index is 808. The summed E-state index contributed by atoms with van der Waals surface area (Å²) < 4.78 is 23.9. The van der Waals surface area contributed by atoms with Crippen molar-refractivity contribution >= 4 is 17.5 Å². The summed E-state index contributed by atoms with van der Waals surface area (Å²) in [6.45, 7) is 2.97. The second-order valence-electron chi connectivity index (χ2n) is 5.76. The molecule has 1 aliphatic rings. The molecular formula is C19H19FN2O4. The van der Waals surface area contributed by atoms with E-state index < -0.39 is 5.82 Å². The van der Waals surface area contributed by atoms with Crippen molar-refractivity contribution in [3.8, 4) is 11.5 Å².